The first-order valence-electron chi connectivity index (χ1n) is 12.0. The Labute approximate surface area is 201 Å². The van der Waals surface area contributed by atoms with Gasteiger partial charge in [0.25, 0.3) is 11.8 Å². The maximum Gasteiger partial charge on any atom is 0.256 e. The van der Waals surface area contributed by atoms with Crippen LogP contribution in [-0.4, -0.2) is 59.3 Å². The van der Waals surface area contributed by atoms with E-state index in [4.69, 9.17) is 11.6 Å². The van der Waals surface area contributed by atoms with Crippen molar-refractivity contribution < 1.29 is 9.59 Å². The number of hydrogen-bond acceptors (Lipinski definition) is 3. The molecule has 2 amide bonds. The Bertz CT molecular complexity index is 1080. The van der Waals surface area contributed by atoms with Crippen molar-refractivity contribution in [1.29, 1.82) is 0 Å². The minimum Gasteiger partial charge on any atom is -0.358 e. The minimum absolute atomic E-state index is 0.0909. The van der Waals surface area contributed by atoms with Crippen LogP contribution in [0.5, 0.6) is 0 Å². The fraction of sp³-hybridized carbons (Fsp3) is 0.462. The van der Waals surface area contributed by atoms with E-state index in [1.54, 1.807) is 12.1 Å². The van der Waals surface area contributed by atoms with Crippen LogP contribution in [0.25, 0.3) is 11.6 Å². The number of carbonyl (C=O) groups excluding carboxylic acids is 2. The van der Waals surface area contributed by atoms with Crippen LogP contribution in [0.1, 0.15) is 66.0 Å². The van der Waals surface area contributed by atoms with Gasteiger partial charge in [-0.2, -0.15) is 0 Å². The van der Waals surface area contributed by atoms with E-state index in [-0.39, 0.29) is 11.8 Å². The molecule has 2 aliphatic heterocycles. The van der Waals surface area contributed by atoms with Gasteiger partial charge in [0.2, 0.25) is 0 Å². The van der Waals surface area contributed by atoms with Crippen LogP contribution in [0.15, 0.2) is 18.2 Å². The Kier molecular flexibility index (Phi) is 7.25. The van der Waals surface area contributed by atoms with Crippen LogP contribution in [0.2, 0.25) is 5.02 Å². The van der Waals surface area contributed by atoms with Gasteiger partial charge in [0.05, 0.1) is 11.1 Å². The Balaban J connectivity index is 1.60. The molecule has 3 heterocycles. The van der Waals surface area contributed by atoms with Crippen molar-refractivity contribution >= 4 is 40.8 Å². The normalized spacial score (nSPS) is 16.9. The zero-order chi connectivity index (χ0) is 23.5. The van der Waals surface area contributed by atoms with E-state index in [0.717, 1.165) is 92.2 Å². The third-order valence-corrected chi connectivity index (χ3v) is 6.78. The largest absolute Gasteiger partial charge is 0.358 e. The second-order valence-corrected chi connectivity index (χ2v) is 9.39. The first-order chi connectivity index (χ1) is 15.9. The lowest BCUT2D eigenvalue weighted by atomic mass is 10.0. The Morgan fingerprint density at radius 1 is 1.15 bits per heavy atom. The van der Waals surface area contributed by atoms with E-state index in [1.807, 2.05) is 24.0 Å². The molecule has 0 saturated heterocycles. The molecule has 33 heavy (non-hydrogen) atoms. The van der Waals surface area contributed by atoms with E-state index in [0.29, 0.717) is 10.6 Å². The molecule has 4 rings (SSSR count). The van der Waals surface area contributed by atoms with E-state index in [2.05, 4.69) is 29.0 Å². The molecule has 2 aliphatic rings. The Morgan fingerprint density at radius 2 is 1.91 bits per heavy atom. The lowest BCUT2D eigenvalue weighted by molar-refractivity contribution is -0.110. The molecule has 0 unspecified atom stereocenters. The summed E-state index contributed by atoms with van der Waals surface area (Å²) < 4.78 is 0. The summed E-state index contributed by atoms with van der Waals surface area (Å²) in [6.45, 7) is 10.9. The SMILES string of the molecule is CCCN(CCC)CCN1CCCc2[nH]c(/C=C3\C(=O)Nc4ccc(Cl)cc43)c(C)c2C1=O. The molecule has 6 nitrogen and oxygen atoms in total. The molecule has 1 aromatic heterocycles. The van der Waals surface area contributed by atoms with E-state index < -0.39 is 0 Å². The van der Waals surface area contributed by atoms with Crippen molar-refractivity contribution in [2.24, 2.45) is 0 Å². The number of anilines is 1. The Hall–Kier alpha value is -2.57. The standard InChI is InChI=1S/C26H33ClN4O2/c1-4-10-30(11-5-2)13-14-31-12-6-7-22-24(26(31)33)17(3)23(28-22)16-20-19-15-18(27)8-9-21(19)29-25(20)32/h8-9,15-16,28H,4-7,10-14H2,1-3H3,(H,29,32)/b20-16-. The molecule has 0 saturated carbocycles. The number of nitrogens with one attached hydrogen (secondary N) is 2. The molecular weight excluding hydrogens is 436 g/mol. The summed E-state index contributed by atoms with van der Waals surface area (Å²) in [6.07, 6.45) is 5.84. The monoisotopic (exact) mass is 468 g/mol. The second-order valence-electron chi connectivity index (χ2n) is 8.96. The van der Waals surface area contributed by atoms with Crippen molar-refractivity contribution in [1.82, 2.24) is 14.8 Å². The number of benzene rings is 1. The number of fused-ring (bicyclic) bond motifs is 2. The van der Waals surface area contributed by atoms with E-state index in [9.17, 15) is 9.59 Å². The van der Waals surface area contributed by atoms with Crippen molar-refractivity contribution in [2.75, 3.05) is 38.0 Å². The number of rotatable bonds is 8. The molecule has 176 valence electrons. The number of nitrogens with zero attached hydrogens (tertiary/aromatic N) is 2. The maximum absolute atomic E-state index is 13.5. The van der Waals surface area contributed by atoms with Gasteiger partial charge >= 0.3 is 0 Å². The molecule has 2 N–H and O–H groups in total. The number of H-pyrrole nitrogens is 1. The summed E-state index contributed by atoms with van der Waals surface area (Å²) in [5.74, 6) is -0.0653. The molecule has 1 aromatic carbocycles. The fourth-order valence-corrected chi connectivity index (χ4v) is 5.07. The van der Waals surface area contributed by atoms with Gasteiger partial charge < -0.3 is 20.1 Å². The summed E-state index contributed by atoms with van der Waals surface area (Å²) in [4.78, 5) is 34.0. The highest BCUT2D eigenvalue weighted by atomic mass is 35.5. The van der Waals surface area contributed by atoms with Crippen LogP contribution in [0.4, 0.5) is 5.69 Å². The van der Waals surface area contributed by atoms with Crippen molar-refractivity contribution in [3.63, 3.8) is 0 Å². The molecule has 2 aromatic rings. The first kappa shape index (κ1) is 23.6. The van der Waals surface area contributed by atoms with Crippen LogP contribution < -0.4 is 5.32 Å². The highest BCUT2D eigenvalue weighted by Crippen LogP contribution is 2.36. The van der Waals surface area contributed by atoms with Gasteiger partial charge in [-0.05, 0) is 75.5 Å². The van der Waals surface area contributed by atoms with Gasteiger partial charge in [0.1, 0.15) is 0 Å². The summed E-state index contributed by atoms with van der Waals surface area (Å²) in [7, 11) is 0. The van der Waals surface area contributed by atoms with Gasteiger partial charge in [-0.15, -0.1) is 0 Å². The van der Waals surface area contributed by atoms with Crippen LogP contribution >= 0.6 is 11.6 Å². The van der Waals surface area contributed by atoms with Gasteiger partial charge in [0.15, 0.2) is 0 Å². The number of carbonyl (C=O) groups is 2. The number of aromatic nitrogens is 1. The Morgan fingerprint density at radius 3 is 2.64 bits per heavy atom. The van der Waals surface area contributed by atoms with Crippen LogP contribution in [0.3, 0.4) is 0 Å². The van der Waals surface area contributed by atoms with Gasteiger partial charge in [-0.1, -0.05) is 25.4 Å². The smallest absolute Gasteiger partial charge is 0.256 e. The maximum atomic E-state index is 13.5. The zero-order valence-electron chi connectivity index (χ0n) is 19.8. The van der Waals surface area contributed by atoms with Crippen molar-refractivity contribution in [3.8, 4) is 0 Å². The average Bonchev–Trinajstić information content (AvgIpc) is 3.20. The molecule has 0 spiro atoms. The van der Waals surface area contributed by atoms with Gasteiger partial charge in [0, 0.05) is 47.3 Å². The van der Waals surface area contributed by atoms with Crippen LogP contribution in [-0.2, 0) is 11.2 Å². The number of aryl methyl sites for hydroxylation is 1. The van der Waals surface area contributed by atoms with Gasteiger partial charge in [-0.25, -0.2) is 0 Å². The fourth-order valence-electron chi connectivity index (χ4n) is 4.90. The number of hydrogen-bond donors (Lipinski definition) is 2. The third kappa shape index (κ3) is 4.87. The quantitative estimate of drug-likeness (QED) is 0.537. The van der Waals surface area contributed by atoms with Crippen molar-refractivity contribution in [2.45, 2.75) is 46.5 Å². The summed E-state index contributed by atoms with van der Waals surface area (Å²) >= 11 is 6.17. The molecule has 0 atom stereocenters. The lowest BCUT2D eigenvalue weighted by Gasteiger charge is -2.26. The van der Waals surface area contributed by atoms with E-state index >= 15 is 0 Å². The predicted molar refractivity (Wildman–Crippen MR) is 135 cm³/mol. The molecule has 0 bridgehead atoms. The van der Waals surface area contributed by atoms with Gasteiger partial charge in [-0.3, -0.25) is 9.59 Å². The highest BCUT2D eigenvalue weighted by Gasteiger charge is 2.29. The highest BCUT2D eigenvalue weighted by molar-refractivity contribution is 6.36. The molecule has 0 fully saturated rings. The zero-order valence-corrected chi connectivity index (χ0v) is 20.5. The second kappa shape index (κ2) is 10.1. The predicted octanol–water partition coefficient (Wildman–Crippen LogP) is 4.98. The van der Waals surface area contributed by atoms with Crippen LogP contribution in [0, 0.1) is 6.92 Å². The topological polar surface area (TPSA) is 68.4 Å². The molecule has 7 heteroatoms. The molecular formula is C26H33ClN4O2. The van der Waals surface area contributed by atoms with Crippen molar-refractivity contribution in [3.05, 3.63) is 51.3 Å². The number of amides is 2. The number of aromatic amines is 1. The minimum atomic E-state index is -0.156. The first-order valence-corrected chi connectivity index (χ1v) is 12.4. The lowest BCUT2D eigenvalue weighted by Crippen LogP contribution is -2.39. The third-order valence-electron chi connectivity index (χ3n) is 6.54. The average molecular weight is 469 g/mol. The molecule has 0 aliphatic carbocycles. The summed E-state index contributed by atoms with van der Waals surface area (Å²) in [5, 5.41) is 3.47. The summed E-state index contributed by atoms with van der Waals surface area (Å²) in [6, 6.07) is 5.38. The van der Waals surface area contributed by atoms with E-state index in [1.165, 1.54) is 0 Å². The number of halogens is 1. The summed E-state index contributed by atoms with van der Waals surface area (Å²) in [5.41, 5.74) is 5.55. The molecule has 0 radical (unpaired) electrons.